The molecule has 0 aromatic heterocycles. The third-order valence-electron chi connectivity index (χ3n) is 5.28. The van der Waals surface area contributed by atoms with E-state index in [4.69, 9.17) is 0 Å². The van der Waals surface area contributed by atoms with Gasteiger partial charge in [0.05, 0.1) is 0 Å². The molecule has 2 fully saturated rings. The lowest BCUT2D eigenvalue weighted by molar-refractivity contribution is 0.0870. The number of rotatable bonds is 5. The average molecular weight is 287 g/mol. The Morgan fingerprint density at radius 2 is 2.00 bits per heavy atom. The first-order chi connectivity index (χ1) is 10.2. The fourth-order valence-corrected chi connectivity index (χ4v) is 4.17. The third kappa shape index (κ3) is 3.31. The quantitative estimate of drug-likeness (QED) is 0.893. The summed E-state index contributed by atoms with van der Waals surface area (Å²) in [4.78, 5) is 5.38. The van der Waals surface area contributed by atoms with Crippen LogP contribution in [-0.4, -0.2) is 62.2 Å². The topological polar surface area (TPSA) is 18.5 Å². The Morgan fingerprint density at radius 3 is 2.76 bits per heavy atom. The second kappa shape index (κ2) is 6.47. The van der Waals surface area contributed by atoms with E-state index < -0.39 is 0 Å². The van der Waals surface area contributed by atoms with Crippen molar-refractivity contribution in [2.24, 2.45) is 0 Å². The third-order valence-corrected chi connectivity index (χ3v) is 5.28. The highest BCUT2D eigenvalue weighted by atomic mass is 15.3. The molecule has 21 heavy (non-hydrogen) atoms. The number of fused-ring (bicyclic) bond motifs is 1. The van der Waals surface area contributed by atoms with Gasteiger partial charge in [0, 0.05) is 44.2 Å². The number of likely N-dealkylation sites (N-methyl/N-ethyl adjacent to an activating group) is 1. The lowest BCUT2D eigenvalue weighted by Gasteiger charge is -2.42. The highest BCUT2D eigenvalue weighted by Gasteiger charge is 2.34. The molecule has 0 spiro atoms. The van der Waals surface area contributed by atoms with Crippen LogP contribution in [0.3, 0.4) is 0 Å². The number of benzene rings is 1. The number of nitrogens with one attached hydrogen (secondary N) is 1. The summed E-state index contributed by atoms with van der Waals surface area (Å²) in [6.07, 6.45) is 2.79. The van der Waals surface area contributed by atoms with Gasteiger partial charge in [-0.25, -0.2) is 0 Å². The molecule has 2 heterocycles. The molecule has 2 unspecified atom stereocenters. The molecule has 0 amide bonds. The van der Waals surface area contributed by atoms with Crippen molar-refractivity contribution in [3.05, 3.63) is 35.9 Å². The van der Waals surface area contributed by atoms with Crippen molar-refractivity contribution < 1.29 is 0 Å². The van der Waals surface area contributed by atoms with Gasteiger partial charge in [0.1, 0.15) is 0 Å². The zero-order valence-electron chi connectivity index (χ0n) is 13.5. The van der Waals surface area contributed by atoms with Crippen LogP contribution >= 0.6 is 0 Å². The van der Waals surface area contributed by atoms with Gasteiger partial charge in [-0.1, -0.05) is 37.3 Å². The zero-order chi connectivity index (χ0) is 14.7. The van der Waals surface area contributed by atoms with Crippen LogP contribution < -0.4 is 5.32 Å². The van der Waals surface area contributed by atoms with E-state index in [0.29, 0.717) is 0 Å². The maximum atomic E-state index is 3.41. The summed E-state index contributed by atoms with van der Waals surface area (Å²) >= 11 is 0. The van der Waals surface area contributed by atoms with E-state index in [1.54, 1.807) is 0 Å². The second-order valence-electron chi connectivity index (χ2n) is 7.02. The van der Waals surface area contributed by atoms with Crippen LogP contribution in [0, 0.1) is 0 Å². The van der Waals surface area contributed by atoms with Crippen molar-refractivity contribution in [1.82, 2.24) is 15.1 Å². The van der Waals surface area contributed by atoms with Gasteiger partial charge in [-0.2, -0.15) is 0 Å². The van der Waals surface area contributed by atoms with Crippen molar-refractivity contribution in [1.29, 1.82) is 0 Å². The highest BCUT2D eigenvalue weighted by Crippen LogP contribution is 2.27. The molecule has 3 rings (SSSR count). The van der Waals surface area contributed by atoms with Crippen molar-refractivity contribution in [3.63, 3.8) is 0 Å². The molecule has 2 aliphatic heterocycles. The van der Waals surface area contributed by atoms with Crippen LogP contribution in [0.1, 0.15) is 25.3 Å². The summed E-state index contributed by atoms with van der Waals surface area (Å²) in [5.41, 5.74) is 1.64. The number of hydrogen-bond donors (Lipinski definition) is 1. The largest absolute Gasteiger partial charge is 0.319 e. The molecule has 1 aromatic rings. The maximum absolute atomic E-state index is 3.41. The Kier molecular flexibility index (Phi) is 4.63. The molecule has 2 atom stereocenters. The Balaban J connectivity index is 1.70. The van der Waals surface area contributed by atoms with E-state index in [-0.39, 0.29) is 5.41 Å². The van der Waals surface area contributed by atoms with Crippen LogP contribution in [0.5, 0.6) is 0 Å². The molecular formula is C18H29N3. The van der Waals surface area contributed by atoms with Crippen molar-refractivity contribution in [2.75, 3.05) is 46.3 Å². The SMILES string of the molecule is CNCC(C)(CN1CCN2CCCC2C1)c1ccccc1. The first-order valence-corrected chi connectivity index (χ1v) is 8.38. The Morgan fingerprint density at radius 1 is 1.19 bits per heavy atom. The fourth-order valence-electron chi connectivity index (χ4n) is 4.17. The van der Waals surface area contributed by atoms with Crippen LogP contribution in [0.4, 0.5) is 0 Å². The first kappa shape index (κ1) is 15.0. The number of piperazine rings is 1. The van der Waals surface area contributed by atoms with E-state index >= 15 is 0 Å². The van der Waals surface area contributed by atoms with Crippen molar-refractivity contribution in [2.45, 2.75) is 31.2 Å². The van der Waals surface area contributed by atoms with E-state index in [2.05, 4.69) is 59.4 Å². The molecule has 2 saturated heterocycles. The van der Waals surface area contributed by atoms with Gasteiger partial charge in [-0.05, 0) is 32.0 Å². The lowest BCUT2D eigenvalue weighted by Crippen LogP contribution is -2.54. The van der Waals surface area contributed by atoms with Crippen molar-refractivity contribution in [3.8, 4) is 0 Å². The minimum atomic E-state index is 0.191. The van der Waals surface area contributed by atoms with Gasteiger partial charge < -0.3 is 5.32 Å². The molecule has 3 heteroatoms. The van der Waals surface area contributed by atoms with Gasteiger partial charge >= 0.3 is 0 Å². The van der Waals surface area contributed by atoms with Gasteiger partial charge in [0.15, 0.2) is 0 Å². The van der Waals surface area contributed by atoms with Gasteiger partial charge in [0.25, 0.3) is 0 Å². The number of hydrogen-bond acceptors (Lipinski definition) is 3. The summed E-state index contributed by atoms with van der Waals surface area (Å²) in [7, 11) is 2.07. The van der Waals surface area contributed by atoms with Crippen LogP contribution in [0.15, 0.2) is 30.3 Å². The molecule has 0 bridgehead atoms. The first-order valence-electron chi connectivity index (χ1n) is 8.38. The summed E-state index contributed by atoms with van der Waals surface area (Å²) in [5, 5.41) is 3.41. The Bertz CT molecular complexity index is 447. The smallest absolute Gasteiger partial charge is 0.0224 e. The monoisotopic (exact) mass is 287 g/mol. The predicted octanol–water partition coefficient (Wildman–Crippen LogP) is 1.94. The lowest BCUT2D eigenvalue weighted by atomic mass is 9.81. The standard InChI is InChI=1S/C18H29N3/c1-18(14-19-2,16-7-4-3-5-8-16)15-20-11-12-21-10-6-9-17(21)13-20/h3-5,7-8,17,19H,6,9-15H2,1-2H3. The average Bonchev–Trinajstić information content (AvgIpc) is 2.96. The highest BCUT2D eigenvalue weighted by molar-refractivity contribution is 5.25. The van der Waals surface area contributed by atoms with Crippen LogP contribution in [0.2, 0.25) is 0 Å². The molecule has 2 aliphatic rings. The summed E-state index contributed by atoms with van der Waals surface area (Å²) in [6, 6.07) is 11.8. The molecule has 0 saturated carbocycles. The molecule has 1 aromatic carbocycles. The van der Waals surface area contributed by atoms with Crippen LogP contribution in [0.25, 0.3) is 0 Å². The second-order valence-corrected chi connectivity index (χ2v) is 7.02. The molecular weight excluding hydrogens is 258 g/mol. The minimum Gasteiger partial charge on any atom is -0.319 e. The van der Waals surface area contributed by atoms with E-state index in [0.717, 1.165) is 19.1 Å². The van der Waals surface area contributed by atoms with Gasteiger partial charge in [-0.3, -0.25) is 9.80 Å². The minimum absolute atomic E-state index is 0.191. The van der Waals surface area contributed by atoms with E-state index in [1.165, 1.54) is 44.6 Å². The summed E-state index contributed by atoms with van der Waals surface area (Å²) in [6.45, 7) is 9.65. The number of nitrogens with zero attached hydrogens (tertiary/aromatic N) is 2. The fraction of sp³-hybridized carbons (Fsp3) is 0.667. The molecule has 1 N–H and O–H groups in total. The van der Waals surface area contributed by atoms with Gasteiger partial charge in [-0.15, -0.1) is 0 Å². The molecule has 3 nitrogen and oxygen atoms in total. The molecule has 0 aliphatic carbocycles. The van der Waals surface area contributed by atoms with Crippen molar-refractivity contribution >= 4 is 0 Å². The Hall–Kier alpha value is -0.900. The zero-order valence-corrected chi connectivity index (χ0v) is 13.5. The predicted molar refractivity (Wildman–Crippen MR) is 88.8 cm³/mol. The van der Waals surface area contributed by atoms with Gasteiger partial charge in [0.2, 0.25) is 0 Å². The Labute approximate surface area is 129 Å². The normalized spacial score (nSPS) is 26.5. The summed E-state index contributed by atoms with van der Waals surface area (Å²) < 4.78 is 0. The molecule has 116 valence electrons. The summed E-state index contributed by atoms with van der Waals surface area (Å²) in [5.74, 6) is 0. The van der Waals surface area contributed by atoms with E-state index in [9.17, 15) is 0 Å². The van der Waals surface area contributed by atoms with E-state index in [1.807, 2.05) is 0 Å². The molecule has 0 radical (unpaired) electrons. The van der Waals surface area contributed by atoms with Crippen LogP contribution in [-0.2, 0) is 5.41 Å². The maximum Gasteiger partial charge on any atom is 0.0224 e.